The normalized spacial score (nSPS) is 16.7. The lowest BCUT2D eigenvalue weighted by molar-refractivity contribution is -0.138. The SMILES string of the molecule is CCCCCN1CCCN(CC(=O)O)C1=O. The quantitative estimate of drug-likeness (QED) is 0.699. The predicted molar refractivity (Wildman–Crippen MR) is 60.3 cm³/mol. The summed E-state index contributed by atoms with van der Waals surface area (Å²) in [5.41, 5.74) is 0. The average molecular weight is 228 g/mol. The van der Waals surface area contributed by atoms with Crippen molar-refractivity contribution in [1.82, 2.24) is 9.80 Å². The molecule has 1 aliphatic rings. The van der Waals surface area contributed by atoms with Gasteiger partial charge in [0.15, 0.2) is 0 Å². The van der Waals surface area contributed by atoms with Gasteiger partial charge < -0.3 is 14.9 Å². The van der Waals surface area contributed by atoms with Gasteiger partial charge in [-0.25, -0.2) is 4.79 Å². The van der Waals surface area contributed by atoms with E-state index in [4.69, 9.17) is 5.11 Å². The summed E-state index contributed by atoms with van der Waals surface area (Å²) in [7, 11) is 0. The van der Waals surface area contributed by atoms with E-state index in [9.17, 15) is 9.59 Å². The highest BCUT2D eigenvalue weighted by atomic mass is 16.4. The van der Waals surface area contributed by atoms with Crippen LogP contribution in [0.1, 0.15) is 32.6 Å². The van der Waals surface area contributed by atoms with E-state index in [0.717, 1.165) is 38.8 Å². The predicted octanol–water partition coefficient (Wildman–Crippen LogP) is 1.39. The van der Waals surface area contributed by atoms with Crippen molar-refractivity contribution >= 4 is 12.0 Å². The Morgan fingerprint density at radius 2 is 2.00 bits per heavy atom. The highest BCUT2D eigenvalue weighted by Gasteiger charge is 2.26. The summed E-state index contributed by atoms with van der Waals surface area (Å²) in [6.45, 7) is 4.02. The van der Waals surface area contributed by atoms with E-state index in [0.29, 0.717) is 6.54 Å². The molecule has 0 radical (unpaired) electrons. The maximum absolute atomic E-state index is 11.8. The molecule has 0 unspecified atom stereocenters. The van der Waals surface area contributed by atoms with Crippen molar-refractivity contribution in [2.24, 2.45) is 0 Å². The van der Waals surface area contributed by atoms with Crippen LogP contribution in [0.2, 0.25) is 0 Å². The third kappa shape index (κ3) is 3.72. The van der Waals surface area contributed by atoms with Crippen molar-refractivity contribution in [3.63, 3.8) is 0 Å². The van der Waals surface area contributed by atoms with Gasteiger partial charge in [-0.05, 0) is 12.8 Å². The smallest absolute Gasteiger partial charge is 0.323 e. The molecule has 0 bridgehead atoms. The molecule has 1 rings (SSSR count). The van der Waals surface area contributed by atoms with Crippen molar-refractivity contribution in [3.8, 4) is 0 Å². The minimum absolute atomic E-state index is 0.121. The molecule has 0 aromatic heterocycles. The third-order valence-corrected chi connectivity index (χ3v) is 2.75. The number of carbonyl (C=O) groups excluding carboxylic acids is 1. The van der Waals surface area contributed by atoms with Crippen LogP contribution in [0.15, 0.2) is 0 Å². The number of nitrogens with zero attached hydrogens (tertiary/aromatic N) is 2. The van der Waals surface area contributed by atoms with Crippen LogP contribution in [0, 0.1) is 0 Å². The standard InChI is InChI=1S/C11H20N2O3/c1-2-3-4-6-12-7-5-8-13(11(12)16)9-10(14)15/h2-9H2,1H3,(H,14,15). The second-order valence-electron chi connectivity index (χ2n) is 4.15. The number of hydrogen-bond acceptors (Lipinski definition) is 2. The summed E-state index contributed by atoms with van der Waals surface area (Å²) in [5.74, 6) is -0.941. The third-order valence-electron chi connectivity index (χ3n) is 2.75. The maximum Gasteiger partial charge on any atom is 0.323 e. The molecule has 0 saturated carbocycles. The molecular weight excluding hydrogens is 208 g/mol. The van der Waals surface area contributed by atoms with Gasteiger partial charge in [-0.2, -0.15) is 0 Å². The van der Waals surface area contributed by atoms with Gasteiger partial charge in [-0.1, -0.05) is 19.8 Å². The Balaban J connectivity index is 2.40. The lowest BCUT2D eigenvalue weighted by atomic mass is 10.2. The zero-order chi connectivity index (χ0) is 12.0. The van der Waals surface area contributed by atoms with Gasteiger partial charge >= 0.3 is 12.0 Å². The number of amides is 2. The number of carbonyl (C=O) groups is 2. The van der Waals surface area contributed by atoms with E-state index in [1.807, 2.05) is 0 Å². The first-order valence-corrected chi connectivity index (χ1v) is 5.90. The first-order valence-electron chi connectivity index (χ1n) is 5.90. The first kappa shape index (κ1) is 12.8. The molecule has 1 N–H and O–H groups in total. The number of unbranched alkanes of at least 4 members (excludes halogenated alkanes) is 2. The molecule has 1 saturated heterocycles. The lowest BCUT2D eigenvalue weighted by Gasteiger charge is -2.34. The first-order chi connectivity index (χ1) is 7.65. The van der Waals surface area contributed by atoms with E-state index in [2.05, 4.69) is 6.92 Å². The fourth-order valence-electron chi connectivity index (χ4n) is 1.91. The Morgan fingerprint density at radius 3 is 2.62 bits per heavy atom. The van der Waals surface area contributed by atoms with Crippen LogP contribution in [0.5, 0.6) is 0 Å². The molecule has 0 spiro atoms. The van der Waals surface area contributed by atoms with Gasteiger partial charge in [0.25, 0.3) is 0 Å². The summed E-state index contributed by atoms with van der Waals surface area (Å²) < 4.78 is 0. The van der Waals surface area contributed by atoms with Gasteiger partial charge in [0.05, 0.1) is 0 Å². The van der Waals surface area contributed by atoms with Gasteiger partial charge in [0, 0.05) is 19.6 Å². The maximum atomic E-state index is 11.8. The van der Waals surface area contributed by atoms with Crippen molar-refractivity contribution in [3.05, 3.63) is 0 Å². The summed E-state index contributed by atoms with van der Waals surface area (Å²) in [6, 6.07) is -0.121. The van der Waals surface area contributed by atoms with Crippen LogP contribution in [-0.2, 0) is 4.79 Å². The molecular formula is C11H20N2O3. The Bertz CT molecular complexity index is 256. The van der Waals surface area contributed by atoms with E-state index in [1.165, 1.54) is 4.90 Å². The molecule has 5 heteroatoms. The fourth-order valence-corrected chi connectivity index (χ4v) is 1.91. The summed E-state index contributed by atoms with van der Waals surface area (Å²) in [4.78, 5) is 25.6. The van der Waals surface area contributed by atoms with Crippen molar-refractivity contribution in [1.29, 1.82) is 0 Å². The zero-order valence-corrected chi connectivity index (χ0v) is 9.81. The van der Waals surface area contributed by atoms with Crippen LogP contribution < -0.4 is 0 Å². The summed E-state index contributed by atoms with van der Waals surface area (Å²) >= 11 is 0. The average Bonchev–Trinajstić information content (AvgIpc) is 2.23. The molecule has 1 heterocycles. The molecule has 92 valence electrons. The number of aliphatic carboxylic acids is 1. The molecule has 0 aromatic rings. The molecule has 2 amide bonds. The fraction of sp³-hybridized carbons (Fsp3) is 0.818. The van der Waals surface area contributed by atoms with E-state index >= 15 is 0 Å². The molecule has 0 atom stereocenters. The lowest BCUT2D eigenvalue weighted by Crippen LogP contribution is -2.51. The van der Waals surface area contributed by atoms with Crippen LogP contribution >= 0.6 is 0 Å². The molecule has 1 fully saturated rings. The van der Waals surface area contributed by atoms with Crippen LogP contribution in [0.4, 0.5) is 4.79 Å². The van der Waals surface area contributed by atoms with Gasteiger partial charge in [0.1, 0.15) is 6.54 Å². The van der Waals surface area contributed by atoms with Crippen molar-refractivity contribution in [2.45, 2.75) is 32.6 Å². The number of carboxylic acids is 1. The minimum atomic E-state index is -0.941. The van der Waals surface area contributed by atoms with Crippen LogP contribution in [0.25, 0.3) is 0 Å². The molecule has 1 aliphatic heterocycles. The number of urea groups is 1. The number of rotatable bonds is 6. The van der Waals surface area contributed by atoms with Gasteiger partial charge in [0.2, 0.25) is 0 Å². The molecule has 0 aromatic carbocycles. The summed E-state index contributed by atoms with van der Waals surface area (Å²) in [6.07, 6.45) is 4.11. The van der Waals surface area contributed by atoms with Crippen molar-refractivity contribution < 1.29 is 14.7 Å². The number of carboxylic acid groups (broad SMARTS) is 1. The number of hydrogen-bond donors (Lipinski definition) is 1. The molecule has 16 heavy (non-hydrogen) atoms. The van der Waals surface area contributed by atoms with E-state index < -0.39 is 5.97 Å². The van der Waals surface area contributed by atoms with Crippen molar-refractivity contribution in [2.75, 3.05) is 26.2 Å². The van der Waals surface area contributed by atoms with Gasteiger partial charge in [-0.3, -0.25) is 4.79 Å². The molecule has 5 nitrogen and oxygen atoms in total. The topological polar surface area (TPSA) is 60.9 Å². The van der Waals surface area contributed by atoms with E-state index in [1.54, 1.807) is 4.90 Å². The Kier molecular flexibility index (Phi) is 5.08. The molecule has 0 aliphatic carbocycles. The van der Waals surface area contributed by atoms with Crippen LogP contribution in [-0.4, -0.2) is 53.1 Å². The Labute approximate surface area is 96.0 Å². The van der Waals surface area contributed by atoms with E-state index in [-0.39, 0.29) is 12.6 Å². The van der Waals surface area contributed by atoms with Gasteiger partial charge in [-0.15, -0.1) is 0 Å². The highest BCUT2D eigenvalue weighted by Crippen LogP contribution is 2.10. The highest BCUT2D eigenvalue weighted by molar-refractivity contribution is 5.80. The monoisotopic (exact) mass is 228 g/mol. The summed E-state index contributed by atoms with van der Waals surface area (Å²) in [5, 5.41) is 8.67. The van der Waals surface area contributed by atoms with Crippen LogP contribution in [0.3, 0.4) is 0 Å². The second-order valence-corrected chi connectivity index (χ2v) is 4.15. The second kappa shape index (κ2) is 6.35. The Hall–Kier alpha value is -1.26. The largest absolute Gasteiger partial charge is 0.480 e. The minimum Gasteiger partial charge on any atom is -0.480 e. The Morgan fingerprint density at radius 1 is 1.31 bits per heavy atom. The zero-order valence-electron chi connectivity index (χ0n) is 9.81.